The van der Waals surface area contributed by atoms with E-state index in [0.717, 1.165) is 18.4 Å². The minimum Gasteiger partial charge on any atom is -0.369 e. The van der Waals surface area contributed by atoms with Crippen molar-refractivity contribution in [3.8, 4) is 0 Å². The number of nitrogens with zero attached hydrogens (tertiary/aromatic N) is 2. The predicted octanol–water partition coefficient (Wildman–Crippen LogP) is 6.11. The van der Waals surface area contributed by atoms with Crippen LogP contribution in [0.3, 0.4) is 0 Å². The van der Waals surface area contributed by atoms with Crippen molar-refractivity contribution in [2.45, 2.75) is 80.3 Å². The Morgan fingerprint density at radius 3 is 2.40 bits per heavy atom. The molecule has 7 nitrogen and oxygen atoms in total. The van der Waals surface area contributed by atoms with Crippen LogP contribution in [0, 0.1) is 17.8 Å². The molecule has 0 bridgehead atoms. The Morgan fingerprint density at radius 1 is 1.15 bits per heavy atom. The van der Waals surface area contributed by atoms with Crippen LogP contribution in [-0.4, -0.2) is 36.6 Å². The van der Waals surface area contributed by atoms with Gasteiger partial charge in [0.15, 0.2) is 0 Å². The van der Waals surface area contributed by atoms with Gasteiger partial charge in [0.25, 0.3) is 5.91 Å². The summed E-state index contributed by atoms with van der Waals surface area (Å²) in [6, 6.07) is 7.50. The number of unbranched alkanes of at least 4 members (excludes halogenated alkanes) is 1. The van der Waals surface area contributed by atoms with Crippen LogP contribution in [0.4, 0.5) is 5.69 Å². The van der Waals surface area contributed by atoms with E-state index in [0.29, 0.717) is 29.8 Å². The molecule has 0 saturated heterocycles. The number of benzodiazepines with no additional fused rings is 1. The number of hydrogen-bond acceptors (Lipinski definition) is 4. The highest BCUT2D eigenvalue weighted by Gasteiger charge is 2.37. The largest absolute Gasteiger partial charge is 0.369 e. The molecule has 3 N–H and O–H groups in total. The standard InChI is InChI=1S/C31H42N4O3.C2H6/c1-7-10-12-16-22(15-9-3)27-24-18-13-14-19-26(24)35(6)31(38)29(33-27)34-30(37)25(20-21(4)5)23(28(32)36)17-11-8-2;1-2/h7,9-10,12-15,18-19,21,23,25,29H,8,11,17,20H2,1-6H3,(H2,32,36)(H,34,37);1-2H3/b10-7+,15-9-;. The van der Waals surface area contributed by atoms with Gasteiger partial charge >= 0.3 is 0 Å². The van der Waals surface area contributed by atoms with Crippen molar-refractivity contribution < 1.29 is 14.4 Å². The summed E-state index contributed by atoms with van der Waals surface area (Å²) in [6.45, 7) is 13.8. The molecule has 1 heterocycles. The Kier molecular flexibility index (Phi) is 15.3. The van der Waals surface area contributed by atoms with Gasteiger partial charge in [-0.05, 0) is 50.8 Å². The molecule has 1 aliphatic rings. The van der Waals surface area contributed by atoms with Crippen LogP contribution in [0.25, 0.3) is 0 Å². The smallest absolute Gasteiger partial charge is 0.272 e. The molecular formula is C33H48N4O3. The predicted molar refractivity (Wildman–Crippen MR) is 166 cm³/mol. The zero-order valence-corrected chi connectivity index (χ0v) is 25.5. The Morgan fingerprint density at radius 2 is 1.82 bits per heavy atom. The quantitative estimate of drug-likeness (QED) is 0.243. The van der Waals surface area contributed by atoms with Crippen molar-refractivity contribution in [2.75, 3.05) is 11.9 Å². The van der Waals surface area contributed by atoms with Crippen LogP contribution in [0.5, 0.6) is 0 Å². The fraction of sp³-hybridized carbons (Fsp3) is 0.485. The van der Waals surface area contributed by atoms with E-state index < -0.39 is 23.9 Å². The summed E-state index contributed by atoms with van der Waals surface area (Å²) in [6.07, 6.45) is 10.8. The Bertz CT molecular complexity index is 1160. The molecule has 40 heavy (non-hydrogen) atoms. The number of benzene rings is 1. The maximum absolute atomic E-state index is 13.7. The van der Waals surface area contributed by atoms with E-state index in [1.165, 1.54) is 4.90 Å². The number of fused-ring (bicyclic) bond motifs is 1. The molecule has 0 radical (unpaired) electrons. The first-order valence-corrected chi connectivity index (χ1v) is 14.4. The SMILES string of the molecule is C/C=C\C(=C=C/C=C/C)C1=NC(NC(=O)C(CC(C)C)C(CCCC)C(N)=O)C(=O)N(C)c2ccccc21.CC. The van der Waals surface area contributed by atoms with E-state index in [1.54, 1.807) is 13.1 Å². The fourth-order valence-electron chi connectivity index (χ4n) is 4.60. The number of primary amides is 1. The summed E-state index contributed by atoms with van der Waals surface area (Å²) < 4.78 is 0. The number of amides is 3. The summed E-state index contributed by atoms with van der Waals surface area (Å²) in [4.78, 5) is 46.0. The summed E-state index contributed by atoms with van der Waals surface area (Å²) >= 11 is 0. The summed E-state index contributed by atoms with van der Waals surface area (Å²) in [5.74, 6) is -2.36. The van der Waals surface area contributed by atoms with Gasteiger partial charge in [0.05, 0.1) is 11.4 Å². The molecule has 0 aliphatic carbocycles. The number of nitrogens with one attached hydrogen (secondary N) is 1. The summed E-state index contributed by atoms with van der Waals surface area (Å²) in [5, 5.41) is 2.87. The van der Waals surface area contributed by atoms with Crippen LogP contribution in [-0.2, 0) is 14.4 Å². The number of rotatable bonds is 12. The lowest BCUT2D eigenvalue weighted by Crippen LogP contribution is -2.50. The van der Waals surface area contributed by atoms with Gasteiger partial charge in [-0.3, -0.25) is 14.4 Å². The Hall–Kier alpha value is -3.70. The number of hydrogen-bond donors (Lipinski definition) is 2. The molecule has 0 fully saturated rings. The maximum Gasteiger partial charge on any atom is 0.272 e. The molecule has 0 saturated carbocycles. The zero-order valence-electron chi connectivity index (χ0n) is 25.5. The van der Waals surface area contributed by atoms with E-state index >= 15 is 0 Å². The second-order valence-electron chi connectivity index (χ2n) is 9.94. The molecule has 0 spiro atoms. The number of aliphatic imine (C=N–C) groups is 1. The summed E-state index contributed by atoms with van der Waals surface area (Å²) in [7, 11) is 1.67. The second kappa shape index (κ2) is 17.8. The first-order chi connectivity index (χ1) is 19.2. The molecule has 1 aromatic rings. The topological polar surface area (TPSA) is 105 Å². The van der Waals surface area contributed by atoms with Crippen molar-refractivity contribution in [1.82, 2.24) is 5.32 Å². The third-order valence-electron chi connectivity index (χ3n) is 6.52. The van der Waals surface area contributed by atoms with Gasteiger partial charge in [-0.2, -0.15) is 0 Å². The third-order valence-corrected chi connectivity index (χ3v) is 6.52. The molecule has 3 atom stereocenters. The normalized spacial score (nSPS) is 16.3. The molecule has 1 aromatic carbocycles. The Labute approximate surface area is 241 Å². The maximum atomic E-state index is 13.7. The highest BCUT2D eigenvalue weighted by Crippen LogP contribution is 2.29. The monoisotopic (exact) mass is 548 g/mol. The average molecular weight is 549 g/mol. The van der Waals surface area contributed by atoms with Gasteiger partial charge < -0.3 is 16.0 Å². The number of nitrogens with two attached hydrogens (primary N) is 1. The number of likely N-dealkylation sites (N-methyl/N-ethyl adjacent to an activating group) is 1. The van der Waals surface area contributed by atoms with Crippen molar-refractivity contribution in [3.05, 3.63) is 71.5 Å². The average Bonchev–Trinajstić information content (AvgIpc) is 3.03. The van der Waals surface area contributed by atoms with Gasteiger partial charge in [-0.1, -0.05) is 83.9 Å². The van der Waals surface area contributed by atoms with E-state index in [2.05, 4.69) is 11.0 Å². The van der Waals surface area contributed by atoms with Crippen LogP contribution in [0.1, 0.15) is 79.7 Å². The van der Waals surface area contributed by atoms with Crippen LogP contribution < -0.4 is 16.0 Å². The highest BCUT2D eigenvalue weighted by molar-refractivity contribution is 6.21. The molecule has 3 unspecified atom stereocenters. The van der Waals surface area contributed by atoms with Gasteiger partial charge in [-0.25, -0.2) is 4.99 Å². The van der Waals surface area contributed by atoms with Crippen LogP contribution in [0.2, 0.25) is 0 Å². The van der Waals surface area contributed by atoms with Gasteiger partial charge in [0.1, 0.15) is 0 Å². The molecular weight excluding hydrogens is 500 g/mol. The van der Waals surface area contributed by atoms with E-state index in [4.69, 9.17) is 10.7 Å². The van der Waals surface area contributed by atoms with E-state index in [9.17, 15) is 14.4 Å². The van der Waals surface area contributed by atoms with Crippen LogP contribution >= 0.6 is 0 Å². The number of carbonyl (C=O) groups excluding carboxylic acids is 3. The second-order valence-corrected chi connectivity index (χ2v) is 9.94. The van der Waals surface area contributed by atoms with E-state index in [-0.39, 0.29) is 17.7 Å². The molecule has 218 valence electrons. The first kappa shape index (κ1) is 34.3. The molecule has 1 aliphatic heterocycles. The van der Waals surface area contributed by atoms with Crippen molar-refractivity contribution in [3.63, 3.8) is 0 Å². The van der Waals surface area contributed by atoms with Crippen molar-refractivity contribution in [2.24, 2.45) is 28.5 Å². The highest BCUT2D eigenvalue weighted by atomic mass is 16.2. The third kappa shape index (κ3) is 9.49. The number of para-hydroxylation sites is 1. The van der Waals surface area contributed by atoms with Crippen molar-refractivity contribution >= 4 is 29.1 Å². The summed E-state index contributed by atoms with van der Waals surface area (Å²) in [5.41, 5.74) is 11.7. The van der Waals surface area contributed by atoms with Gasteiger partial charge in [0, 0.05) is 30.0 Å². The minimum atomic E-state index is -1.17. The van der Waals surface area contributed by atoms with E-state index in [1.807, 2.05) is 97.0 Å². The van der Waals surface area contributed by atoms with Gasteiger partial charge in [-0.15, -0.1) is 5.73 Å². The minimum absolute atomic E-state index is 0.158. The number of allylic oxidation sites excluding steroid dienone is 5. The van der Waals surface area contributed by atoms with Crippen molar-refractivity contribution in [1.29, 1.82) is 0 Å². The van der Waals surface area contributed by atoms with Gasteiger partial charge in [0.2, 0.25) is 18.0 Å². The molecule has 7 heteroatoms. The molecule has 2 rings (SSSR count). The lowest BCUT2D eigenvalue weighted by molar-refractivity contribution is -0.136. The number of carbonyl (C=O) groups is 3. The van der Waals surface area contributed by atoms with Crippen LogP contribution in [0.15, 0.2) is 70.9 Å². The fourth-order valence-corrected chi connectivity index (χ4v) is 4.60. The Balaban J connectivity index is 0.00000391. The zero-order chi connectivity index (χ0) is 30.2. The lowest BCUT2D eigenvalue weighted by atomic mass is 9.81. The molecule has 0 aromatic heterocycles. The molecule has 3 amide bonds. The first-order valence-electron chi connectivity index (χ1n) is 14.4. The lowest BCUT2D eigenvalue weighted by Gasteiger charge is -2.27. The number of anilines is 1.